The van der Waals surface area contributed by atoms with Gasteiger partial charge in [0.2, 0.25) is 5.91 Å². The van der Waals surface area contributed by atoms with Gasteiger partial charge >= 0.3 is 0 Å². The van der Waals surface area contributed by atoms with Gasteiger partial charge in [-0.05, 0) is 23.8 Å². The summed E-state index contributed by atoms with van der Waals surface area (Å²) >= 11 is 6.00. The Labute approximate surface area is 190 Å². The van der Waals surface area contributed by atoms with E-state index in [-0.39, 0.29) is 18.4 Å². The molecule has 0 aliphatic rings. The molecule has 2 heterocycles. The van der Waals surface area contributed by atoms with Crippen molar-refractivity contribution in [3.63, 3.8) is 0 Å². The van der Waals surface area contributed by atoms with Crippen molar-refractivity contribution < 1.29 is 9.59 Å². The first-order valence-electron chi connectivity index (χ1n) is 10.1. The second-order valence-electron chi connectivity index (χ2n) is 7.56. The van der Waals surface area contributed by atoms with Crippen LogP contribution < -0.4 is 5.32 Å². The Morgan fingerprint density at radius 3 is 2.47 bits per heavy atom. The van der Waals surface area contributed by atoms with Crippen molar-refractivity contribution in [2.24, 2.45) is 0 Å². The van der Waals surface area contributed by atoms with E-state index in [4.69, 9.17) is 16.6 Å². The molecular weight excluding hydrogens is 426 g/mol. The number of carbonyl (C=O) groups is 2. The third kappa shape index (κ3) is 4.63. The highest BCUT2D eigenvalue weighted by molar-refractivity contribution is 6.30. The van der Waals surface area contributed by atoms with Crippen LogP contribution in [0.25, 0.3) is 22.3 Å². The zero-order valence-electron chi connectivity index (χ0n) is 17.7. The Kier molecular flexibility index (Phi) is 6.18. The molecule has 1 N–H and O–H groups in total. The Bertz CT molecular complexity index is 1270. The number of aromatic nitrogens is 3. The molecule has 32 heavy (non-hydrogen) atoms. The van der Waals surface area contributed by atoms with E-state index in [0.29, 0.717) is 33.9 Å². The predicted octanol–water partition coefficient (Wildman–Crippen LogP) is 3.62. The molecular formula is C24H22ClN5O2. The Hall–Kier alpha value is -3.71. The smallest absolute Gasteiger partial charge is 0.252 e. The number of nitrogens with zero attached hydrogens (tertiary/aromatic N) is 4. The van der Waals surface area contributed by atoms with Crippen molar-refractivity contribution in [3.8, 4) is 11.3 Å². The van der Waals surface area contributed by atoms with Gasteiger partial charge in [-0.2, -0.15) is 5.10 Å². The molecule has 0 aliphatic carbocycles. The van der Waals surface area contributed by atoms with Crippen molar-refractivity contribution in [2.45, 2.75) is 6.54 Å². The van der Waals surface area contributed by atoms with Gasteiger partial charge < -0.3 is 10.2 Å². The minimum Gasteiger partial charge on any atom is -0.347 e. The number of fused-ring (bicyclic) bond motifs is 1. The number of carbonyl (C=O) groups excluding carboxylic acids is 2. The first kappa shape index (κ1) is 21.5. The van der Waals surface area contributed by atoms with Gasteiger partial charge in [0, 0.05) is 24.7 Å². The fourth-order valence-electron chi connectivity index (χ4n) is 3.28. The highest BCUT2D eigenvalue weighted by atomic mass is 35.5. The molecule has 0 bridgehead atoms. The fraction of sp³-hybridized carbons (Fsp3) is 0.167. The summed E-state index contributed by atoms with van der Waals surface area (Å²) in [6.45, 7) is 0.390. The molecule has 162 valence electrons. The summed E-state index contributed by atoms with van der Waals surface area (Å²) in [6.07, 6.45) is 1.63. The van der Waals surface area contributed by atoms with Gasteiger partial charge in [0.1, 0.15) is 0 Å². The number of pyridine rings is 1. The van der Waals surface area contributed by atoms with Crippen LogP contribution in [0.5, 0.6) is 0 Å². The van der Waals surface area contributed by atoms with Crippen LogP contribution >= 0.6 is 11.6 Å². The van der Waals surface area contributed by atoms with E-state index in [1.807, 2.05) is 54.6 Å². The third-order valence-electron chi connectivity index (χ3n) is 5.07. The Morgan fingerprint density at radius 1 is 1.06 bits per heavy atom. The molecule has 0 radical (unpaired) electrons. The molecule has 0 fully saturated rings. The average molecular weight is 448 g/mol. The van der Waals surface area contributed by atoms with E-state index in [9.17, 15) is 9.59 Å². The number of rotatable bonds is 6. The maximum Gasteiger partial charge on any atom is 0.252 e. The summed E-state index contributed by atoms with van der Waals surface area (Å²) in [5.41, 5.74) is 3.55. The minimum absolute atomic E-state index is 0.0881. The van der Waals surface area contributed by atoms with E-state index in [0.717, 1.165) is 11.1 Å². The quantitative estimate of drug-likeness (QED) is 0.489. The highest BCUT2D eigenvalue weighted by Crippen LogP contribution is 2.25. The molecule has 2 amide bonds. The van der Waals surface area contributed by atoms with Crippen LogP contribution in [-0.2, 0) is 11.3 Å². The lowest BCUT2D eigenvalue weighted by Gasteiger charge is -2.12. The van der Waals surface area contributed by atoms with Gasteiger partial charge in [-0.1, -0.05) is 54.1 Å². The first-order valence-corrected chi connectivity index (χ1v) is 10.4. The van der Waals surface area contributed by atoms with Gasteiger partial charge in [-0.3, -0.25) is 9.59 Å². The summed E-state index contributed by atoms with van der Waals surface area (Å²) in [6, 6.07) is 18.9. The van der Waals surface area contributed by atoms with E-state index in [2.05, 4.69) is 10.4 Å². The van der Waals surface area contributed by atoms with E-state index >= 15 is 0 Å². The SMILES string of the molecule is CN(C)C(=O)CNC(=O)c1cc(-c2ccccc2)nc2c1cnn2Cc1ccc(Cl)cc1. The highest BCUT2D eigenvalue weighted by Gasteiger charge is 2.18. The maximum absolute atomic E-state index is 13.0. The van der Waals surface area contributed by atoms with Crippen molar-refractivity contribution in [3.05, 3.63) is 83.0 Å². The molecule has 0 saturated heterocycles. The standard InChI is InChI=1S/C24H22ClN5O2/c1-29(2)22(31)14-26-24(32)19-12-21(17-6-4-3-5-7-17)28-23-20(19)13-27-30(23)15-16-8-10-18(25)11-9-16/h3-13H,14-15H2,1-2H3,(H,26,32). The zero-order valence-corrected chi connectivity index (χ0v) is 18.5. The van der Waals surface area contributed by atoms with Crippen LogP contribution in [-0.4, -0.2) is 52.1 Å². The van der Waals surface area contributed by atoms with Crippen molar-refractivity contribution in [1.29, 1.82) is 0 Å². The summed E-state index contributed by atoms with van der Waals surface area (Å²) < 4.78 is 1.76. The second kappa shape index (κ2) is 9.20. The van der Waals surface area contributed by atoms with Crippen LogP contribution in [0.3, 0.4) is 0 Å². The molecule has 0 unspecified atom stereocenters. The number of halogens is 1. The largest absolute Gasteiger partial charge is 0.347 e. The molecule has 0 spiro atoms. The average Bonchev–Trinajstić information content (AvgIpc) is 3.21. The molecule has 0 aliphatic heterocycles. The number of hydrogen-bond acceptors (Lipinski definition) is 4. The minimum atomic E-state index is -0.351. The summed E-state index contributed by atoms with van der Waals surface area (Å²) in [5.74, 6) is -0.541. The van der Waals surface area contributed by atoms with Crippen LogP contribution in [0, 0.1) is 0 Å². The van der Waals surface area contributed by atoms with Crippen LogP contribution in [0.4, 0.5) is 0 Å². The molecule has 2 aromatic carbocycles. The normalized spacial score (nSPS) is 10.8. The summed E-state index contributed by atoms with van der Waals surface area (Å²) in [7, 11) is 3.29. The number of benzene rings is 2. The lowest BCUT2D eigenvalue weighted by atomic mass is 10.1. The first-order chi connectivity index (χ1) is 15.4. The lowest BCUT2D eigenvalue weighted by molar-refractivity contribution is -0.127. The summed E-state index contributed by atoms with van der Waals surface area (Å²) in [4.78, 5) is 31.2. The monoisotopic (exact) mass is 447 g/mol. The van der Waals surface area contributed by atoms with Gasteiger partial charge in [0.15, 0.2) is 5.65 Å². The Morgan fingerprint density at radius 2 is 1.78 bits per heavy atom. The molecule has 8 heteroatoms. The van der Waals surface area contributed by atoms with Crippen molar-refractivity contribution in [1.82, 2.24) is 25.0 Å². The van der Waals surface area contributed by atoms with Gasteiger partial charge in [-0.25, -0.2) is 9.67 Å². The van der Waals surface area contributed by atoms with Crippen molar-refractivity contribution in [2.75, 3.05) is 20.6 Å². The second-order valence-corrected chi connectivity index (χ2v) is 7.99. The molecule has 4 rings (SSSR count). The molecule has 7 nitrogen and oxygen atoms in total. The van der Waals surface area contributed by atoms with Gasteiger partial charge in [-0.15, -0.1) is 0 Å². The van der Waals surface area contributed by atoms with Crippen LogP contribution in [0.1, 0.15) is 15.9 Å². The van der Waals surface area contributed by atoms with Crippen molar-refractivity contribution >= 4 is 34.4 Å². The number of nitrogens with one attached hydrogen (secondary N) is 1. The van der Waals surface area contributed by atoms with Crippen LogP contribution in [0.2, 0.25) is 5.02 Å². The number of amides is 2. The lowest BCUT2D eigenvalue weighted by Crippen LogP contribution is -2.36. The number of hydrogen-bond donors (Lipinski definition) is 1. The van der Waals surface area contributed by atoms with Gasteiger partial charge in [0.05, 0.1) is 35.9 Å². The van der Waals surface area contributed by atoms with E-state index in [1.165, 1.54) is 4.90 Å². The van der Waals surface area contributed by atoms with Gasteiger partial charge in [0.25, 0.3) is 5.91 Å². The maximum atomic E-state index is 13.0. The Balaban J connectivity index is 1.76. The van der Waals surface area contributed by atoms with E-state index < -0.39 is 0 Å². The zero-order chi connectivity index (χ0) is 22.7. The van der Waals surface area contributed by atoms with Crippen LogP contribution in [0.15, 0.2) is 66.9 Å². The molecule has 0 saturated carbocycles. The number of likely N-dealkylation sites (N-methyl/N-ethyl adjacent to an activating group) is 1. The predicted molar refractivity (Wildman–Crippen MR) is 125 cm³/mol. The summed E-state index contributed by atoms with van der Waals surface area (Å²) in [5, 5.41) is 8.47. The molecule has 0 atom stereocenters. The fourth-order valence-corrected chi connectivity index (χ4v) is 3.41. The van der Waals surface area contributed by atoms with E-state index in [1.54, 1.807) is 31.0 Å². The third-order valence-corrected chi connectivity index (χ3v) is 5.32. The molecule has 2 aromatic heterocycles. The topological polar surface area (TPSA) is 80.1 Å². The molecule has 4 aromatic rings.